The molecule has 3 heterocycles. The summed E-state index contributed by atoms with van der Waals surface area (Å²) >= 11 is 2.30. The summed E-state index contributed by atoms with van der Waals surface area (Å²) in [6, 6.07) is 12.5. The second kappa shape index (κ2) is 5.32. The minimum atomic E-state index is 0.0931. The lowest BCUT2D eigenvalue weighted by atomic mass is 10.1. The Balaban J connectivity index is 1.85. The van der Waals surface area contributed by atoms with Crippen LogP contribution in [0.4, 0.5) is 17.3 Å². The second-order valence-corrected chi connectivity index (χ2v) is 7.26. The fraction of sp³-hybridized carbons (Fsp3) is 0.158. The zero-order valence-electron chi connectivity index (χ0n) is 13.8. The molecule has 0 fully saturated rings. The first-order chi connectivity index (χ1) is 12.2. The Kier molecular flexibility index (Phi) is 3.18. The van der Waals surface area contributed by atoms with Crippen LogP contribution in [0, 0.1) is 6.92 Å². The lowest BCUT2D eigenvalue weighted by Gasteiger charge is -2.26. The van der Waals surface area contributed by atoms with Crippen LogP contribution in [0.25, 0.3) is 21.9 Å². The predicted octanol–water partition coefficient (Wildman–Crippen LogP) is 5.34. The van der Waals surface area contributed by atoms with Crippen molar-refractivity contribution < 1.29 is 4.42 Å². The number of para-hydroxylation sites is 1. The highest BCUT2D eigenvalue weighted by Gasteiger charge is 2.37. The van der Waals surface area contributed by atoms with E-state index in [1.54, 1.807) is 12.4 Å². The van der Waals surface area contributed by atoms with Crippen molar-refractivity contribution in [2.24, 2.45) is 0 Å². The molecule has 2 aromatic carbocycles. The van der Waals surface area contributed by atoms with Crippen LogP contribution in [0.1, 0.15) is 12.5 Å². The minimum Gasteiger partial charge on any atom is -0.454 e. The molecule has 0 N–H and O–H groups in total. The second-order valence-electron chi connectivity index (χ2n) is 6.22. The van der Waals surface area contributed by atoms with E-state index in [0.717, 1.165) is 44.8 Å². The molecule has 124 valence electrons. The van der Waals surface area contributed by atoms with Crippen LogP contribution in [0.2, 0.25) is 0 Å². The Hall–Kier alpha value is -2.35. The van der Waals surface area contributed by atoms with E-state index in [1.807, 2.05) is 18.2 Å². The largest absolute Gasteiger partial charge is 0.454 e. The molecule has 25 heavy (non-hydrogen) atoms. The molecule has 6 heteroatoms. The van der Waals surface area contributed by atoms with Crippen molar-refractivity contribution in [2.45, 2.75) is 20.0 Å². The Morgan fingerprint density at radius 2 is 1.76 bits per heavy atom. The molecule has 1 aliphatic rings. The molecule has 0 saturated heterocycles. The maximum absolute atomic E-state index is 6.26. The highest BCUT2D eigenvalue weighted by Crippen LogP contribution is 2.47. The number of hydrogen-bond acceptors (Lipinski definition) is 5. The van der Waals surface area contributed by atoms with Crippen molar-refractivity contribution in [3.8, 4) is 0 Å². The van der Waals surface area contributed by atoms with E-state index in [4.69, 9.17) is 4.42 Å². The molecule has 0 aliphatic carbocycles. The predicted molar refractivity (Wildman–Crippen MR) is 109 cm³/mol. The van der Waals surface area contributed by atoms with E-state index >= 15 is 0 Å². The van der Waals surface area contributed by atoms with Crippen molar-refractivity contribution in [2.75, 3.05) is 8.01 Å². The number of benzene rings is 2. The minimum absolute atomic E-state index is 0.0931. The van der Waals surface area contributed by atoms with E-state index in [0.29, 0.717) is 0 Å². The van der Waals surface area contributed by atoms with Crippen LogP contribution in [0.5, 0.6) is 0 Å². The van der Waals surface area contributed by atoms with Crippen molar-refractivity contribution in [3.05, 3.63) is 54.4 Å². The monoisotopic (exact) mass is 442 g/mol. The number of hydrogen-bond donors (Lipinski definition) is 0. The maximum Gasteiger partial charge on any atom is 0.183 e. The first-order valence-corrected chi connectivity index (χ1v) is 9.09. The van der Waals surface area contributed by atoms with Gasteiger partial charge in [-0.05, 0) is 25.5 Å². The Morgan fingerprint density at radius 1 is 1.00 bits per heavy atom. The Morgan fingerprint density at radius 3 is 2.60 bits per heavy atom. The average Bonchev–Trinajstić information content (AvgIpc) is 3.12. The highest BCUT2D eigenvalue weighted by atomic mass is 127. The molecule has 1 atom stereocenters. The van der Waals surface area contributed by atoms with Crippen LogP contribution in [-0.4, -0.2) is 16.1 Å². The number of furan rings is 1. The number of fused-ring (bicyclic) bond motifs is 4. The molecular formula is C19H15IN4O. The summed E-state index contributed by atoms with van der Waals surface area (Å²) in [5, 5.41) is 2.26. The van der Waals surface area contributed by atoms with E-state index in [9.17, 15) is 0 Å². The van der Waals surface area contributed by atoms with Gasteiger partial charge in [0.05, 0.1) is 28.6 Å². The zero-order valence-corrected chi connectivity index (χ0v) is 15.9. The van der Waals surface area contributed by atoms with Crippen LogP contribution >= 0.6 is 22.9 Å². The number of aryl methyl sites for hydroxylation is 1. The summed E-state index contributed by atoms with van der Waals surface area (Å²) in [5.41, 5.74) is 4.02. The smallest absolute Gasteiger partial charge is 0.183 e. The van der Waals surface area contributed by atoms with Gasteiger partial charge in [-0.15, -0.1) is 0 Å². The molecular weight excluding hydrogens is 427 g/mol. The van der Waals surface area contributed by atoms with Crippen molar-refractivity contribution in [3.63, 3.8) is 0 Å². The van der Waals surface area contributed by atoms with Crippen molar-refractivity contribution in [1.82, 2.24) is 9.97 Å². The molecule has 0 saturated carbocycles. The van der Waals surface area contributed by atoms with Crippen LogP contribution in [-0.2, 0) is 0 Å². The van der Waals surface area contributed by atoms with E-state index in [1.165, 1.54) is 0 Å². The van der Waals surface area contributed by atoms with Gasteiger partial charge in [0.2, 0.25) is 0 Å². The number of halogens is 1. The molecule has 1 aliphatic heterocycles. The maximum atomic E-state index is 6.26. The zero-order chi connectivity index (χ0) is 17.1. The summed E-state index contributed by atoms with van der Waals surface area (Å²) in [6.45, 7) is 4.26. The van der Waals surface area contributed by atoms with Gasteiger partial charge in [-0.3, -0.25) is 8.01 Å². The van der Waals surface area contributed by atoms with Crippen molar-refractivity contribution >= 4 is 62.1 Å². The van der Waals surface area contributed by atoms with E-state index in [2.05, 4.69) is 72.9 Å². The van der Waals surface area contributed by atoms with Gasteiger partial charge in [-0.25, -0.2) is 9.97 Å². The van der Waals surface area contributed by atoms with E-state index in [-0.39, 0.29) is 6.17 Å². The van der Waals surface area contributed by atoms with Crippen LogP contribution < -0.4 is 8.01 Å². The molecule has 2 aromatic heterocycles. The van der Waals surface area contributed by atoms with Gasteiger partial charge in [0.25, 0.3) is 0 Å². The van der Waals surface area contributed by atoms with Crippen molar-refractivity contribution in [1.29, 1.82) is 0 Å². The van der Waals surface area contributed by atoms with E-state index < -0.39 is 0 Å². The van der Waals surface area contributed by atoms with Crippen LogP contribution in [0.15, 0.2) is 53.2 Å². The van der Waals surface area contributed by atoms with Gasteiger partial charge in [-0.1, -0.05) is 30.3 Å². The van der Waals surface area contributed by atoms with Gasteiger partial charge in [-0.2, -0.15) is 0 Å². The molecule has 4 aromatic rings. The fourth-order valence-corrected chi connectivity index (χ4v) is 4.15. The SMILES string of the molecule is Cc1ccc2c(oc3ccccc32)c1N1c2nccnc2N(I)[C@H]1C. The third-order valence-electron chi connectivity index (χ3n) is 4.76. The topological polar surface area (TPSA) is 45.4 Å². The van der Waals surface area contributed by atoms with Crippen LogP contribution in [0.3, 0.4) is 0 Å². The number of anilines is 3. The summed E-state index contributed by atoms with van der Waals surface area (Å²) < 4.78 is 8.38. The third-order valence-corrected chi connectivity index (χ3v) is 6.02. The number of aromatic nitrogens is 2. The lowest BCUT2D eigenvalue weighted by Crippen LogP contribution is -2.33. The summed E-state index contributed by atoms with van der Waals surface area (Å²) in [7, 11) is 0. The fourth-order valence-electron chi connectivity index (χ4n) is 3.56. The molecule has 0 unspecified atom stereocenters. The highest BCUT2D eigenvalue weighted by molar-refractivity contribution is 14.1. The normalized spacial score (nSPS) is 16.8. The van der Waals surface area contributed by atoms with Gasteiger partial charge >= 0.3 is 0 Å². The summed E-state index contributed by atoms with van der Waals surface area (Å²) in [6.07, 6.45) is 3.56. The van der Waals surface area contributed by atoms with Gasteiger partial charge < -0.3 is 4.42 Å². The first kappa shape index (κ1) is 14.9. The number of rotatable bonds is 1. The number of nitrogens with zero attached hydrogens (tertiary/aromatic N) is 4. The molecule has 0 amide bonds. The average molecular weight is 442 g/mol. The summed E-state index contributed by atoms with van der Waals surface area (Å²) in [5.74, 6) is 1.74. The van der Waals surface area contributed by atoms with Gasteiger partial charge in [0.15, 0.2) is 17.2 Å². The quantitative estimate of drug-likeness (QED) is 0.294. The molecule has 0 radical (unpaired) electrons. The Bertz CT molecular complexity index is 1120. The molecule has 0 spiro atoms. The molecule has 0 bridgehead atoms. The molecule has 5 nitrogen and oxygen atoms in total. The summed E-state index contributed by atoms with van der Waals surface area (Å²) in [4.78, 5) is 11.3. The first-order valence-electron chi connectivity index (χ1n) is 8.13. The Labute approximate surface area is 158 Å². The third kappa shape index (κ3) is 2.00. The molecule has 5 rings (SSSR count). The van der Waals surface area contributed by atoms with Gasteiger partial charge in [0.1, 0.15) is 11.7 Å². The standard InChI is InChI=1S/C19H15IN4O/c1-11-7-8-14-13-5-3-4-6-15(13)25-17(14)16(11)23-12(2)24(20)19-18(23)21-9-10-22-19/h3-10,12H,1-2H3/t12-/m0/s1. The lowest BCUT2D eigenvalue weighted by molar-refractivity contribution is 0.664. The van der Waals surface area contributed by atoms with Gasteiger partial charge in [0, 0.05) is 23.2 Å².